The fourth-order valence-electron chi connectivity index (χ4n) is 3.19. The Labute approximate surface area is 161 Å². The lowest BCUT2D eigenvalue weighted by Crippen LogP contribution is -2.50. The van der Waals surface area contributed by atoms with Crippen LogP contribution < -0.4 is 0 Å². The van der Waals surface area contributed by atoms with Gasteiger partial charge in [-0.1, -0.05) is 6.07 Å². The second-order valence-electron chi connectivity index (χ2n) is 6.41. The normalized spacial score (nSPS) is 15.7. The van der Waals surface area contributed by atoms with Crippen molar-refractivity contribution in [2.45, 2.75) is 4.90 Å². The lowest BCUT2D eigenvalue weighted by atomic mass is 10.1. The van der Waals surface area contributed by atoms with E-state index >= 15 is 0 Å². The summed E-state index contributed by atoms with van der Waals surface area (Å²) in [5.74, 6) is -0.787. The van der Waals surface area contributed by atoms with E-state index in [0.29, 0.717) is 16.6 Å². The van der Waals surface area contributed by atoms with Gasteiger partial charge in [-0.15, -0.1) is 0 Å². The van der Waals surface area contributed by atoms with Crippen molar-refractivity contribution < 1.29 is 17.6 Å². The molecule has 0 atom stereocenters. The van der Waals surface area contributed by atoms with Gasteiger partial charge in [0.05, 0.1) is 15.9 Å². The number of rotatable bonds is 3. The van der Waals surface area contributed by atoms with Crippen molar-refractivity contribution in [3.8, 4) is 0 Å². The van der Waals surface area contributed by atoms with Gasteiger partial charge in [0.1, 0.15) is 5.82 Å². The molecule has 9 heteroatoms. The lowest BCUT2D eigenvalue weighted by molar-refractivity contribution is 0.0698. The molecule has 0 radical (unpaired) electrons. The van der Waals surface area contributed by atoms with Crippen LogP contribution in [0.5, 0.6) is 0 Å². The number of sulfonamides is 1. The standard InChI is InChI=1S/C19H17FN4O3S/c20-15-2-1-3-16(13-15)28(26,27)24-10-8-23(9-11-24)19(25)14-4-5-17-18(12-14)22-7-6-21-17/h1-7,12-13H,8-11H2. The summed E-state index contributed by atoms with van der Waals surface area (Å²) in [6, 6.07) is 10.0. The van der Waals surface area contributed by atoms with Gasteiger partial charge in [0.15, 0.2) is 0 Å². The number of carbonyl (C=O) groups excluding carboxylic acids is 1. The van der Waals surface area contributed by atoms with Crippen molar-refractivity contribution in [3.63, 3.8) is 0 Å². The van der Waals surface area contributed by atoms with E-state index in [-0.39, 0.29) is 37.0 Å². The van der Waals surface area contributed by atoms with E-state index < -0.39 is 15.8 Å². The molecular weight excluding hydrogens is 383 g/mol. The zero-order chi connectivity index (χ0) is 19.7. The first-order valence-corrected chi connectivity index (χ1v) is 10.1. The maximum Gasteiger partial charge on any atom is 0.254 e. The number of hydrogen-bond acceptors (Lipinski definition) is 5. The van der Waals surface area contributed by atoms with Crippen LogP contribution in [-0.2, 0) is 10.0 Å². The summed E-state index contributed by atoms with van der Waals surface area (Å²) in [7, 11) is -3.79. The highest BCUT2D eigenvalue weighted by Gasteiger charge is 2.30. The molecule has 1 aromatic heterocycles. The summed E-state index contributed by atoms with van der Waals surface area (Å²) in [5.41, 5.74) is 1.81. The van der Waals surface area contributed by atoms with E-state index in [9.17, 15) is 17.6 Å². The predicted octanol–water partition coefficient (Wildman–Crippen LogP) is 1.92. The molecule has 0 spiro atoms. The molecule has 0 bridgehead atoms. The number of halogens is 1. The molecule has 4 rings (SSSR count). The molecule has 144 valence electrons. The van der Waals surface area contributed by atoms with E-state index in [2.05, 4.69) is 9.97 Å². The maximum absolute atomic E-state index is 13.4. The highest BCUT2D eigenvalue weighted by atomic mass is 32.2. The Morgan fingerprint density at radius 3 is 2.36 bits per heavy atom. The summed E-state index contributed by atoms with van der Waals surface area (Å²) < 4.78 is 40.0. The van der Waals surface area contributed by atoms with Crippen molar-refractivity contribution in [1.29, 1.82) is 0 Å². The Kier molecular flexibility index (Phi) is 4.78. The quantitative estimate of drug-likeness (QED) is 0.671. The predicted molar refractivity (Wildman–Crippen MR) is 101 cm³/mol. The third-order valence-electron chi connectivity index (χ3n) is 4.68. The van der Waals surface area contributed by atoms with Gasteiger partial charge in [0, 0.05) is 44.1 Å². The van der Waals surface area contributed by atoms with Crippen LogP contribution >= 0.6 is 0 Å². The number of carbonyl (C=O) groups is 1. The second kappa shape index (κ2) is 7.25. The molecule has 0 unspecified atom stereocenters. The first-order valence-electron chi connectivity index (χ1n) is 8.71. The van der Waals surface area contributed by atoms with Crippen LogP contribution in [0, 0.1) is 5.82 Å². The fraction of sp³-hybridized carbons (Fsp3) is 0.211. The fourth-order valence-corrected chi connectivity index (χ4v) is 4.64. The number of nitrogens with zero attached hydrogens (tertiary/aromatic N) is 4. The smallest absolute Gasteiger partial charge is 0.254 e. The highest BCUT2D eigenvalue weighted by Crippen LogP contribution is 2.20. The van der Waals surface area contributed by atoms with Crippen molar-refractivity contribution in [3.05, 3.63) is 66.2 Å². The SMILES string of the molecule is O=C(c1ccc2nccnc2c1)N1CCN(S(=O)(=O)c2cccc(F)c2)CC1. The molecule has 28 heavy (non-hydrogen) atoms. The lowest BCUT2D eigenvalue weighted by Gasteiger charge is -2.34. The molecule has 0 N–H and O–H groups in total. The average Bonchev–Trinajstić information content (AvgIpc) is 2.73. The van der Waals surface area contributed by atoms with Crippen molar-refractivity contribution in [2.75, 3.05) is 26.2 Å². The summed E-state index contributed by atoms with van der Waals surface area (Å²) in [5, 5.41) is 0. The molecule has 7 nitrogen and oxygen atoms in total. The van der Waals surface area contributed by atoms with Gasteiger partial charge < -0.3 is 4.90 Å². The second-order valence-corrected chi connectivity index (χ2v) is 8.35. The molecule has 1 aliphatic rings. The summed E-state index contributed by atoms with van der Waals surface area (Å²) in [6.07, 6.45) is 3.15. The molecule has 2 heterocycles. The number of fused-ring (bicyclic) bond motifs is 1. The van der Waals surface area contributed by atoms with Crippen LogP contribution in [0.25, 0.3) is 11.0 Å². The summed E-state index contributed by atoms with van der Waals surface area (Å²) in [4.78, 5) is 22.7. The minimum absolute atomic E-state index is 0.0830. The minimum atomic E-state index is -3.79. The molecule has 0 saturated carbocycles. The van der Waals surface area contributed by atoms with Crippen LogP contribution in [0.3, 0.4) is 0 Å². The highest BCUT2D eigenvalue weighted by molar-refractivity contribution is 7.89. The number of hydrogen-bond donors (Lipinski definition) is 0. The summed E-state index contributed by atoms with van der Waals surface area (Å²) >= 11 is 0. The molecule has 1 fully saturated rings. The van der Waals surface area contributed by atoms with Crippen LogP contribution in [0.1, 0.15) is 10.4 Å². The van der Waals surface area contributed by atoms with Crippen molar-refractivity contribution >= 4 is 27.0 Å². The maximum atomic E-state index is 13.4. The average molecular weight is 400 g/mol. The van der Waals surface area contributed by atoms with Gasteiger partial charge in [0.2, 0.25) is 10.0 Å². The molecule has 1 saturated heterocycles. The van der Waals surface area contributed by atoms with Gasteiger partial charge in [-0.05, 0) is 36.4 Å². The molecule has 1 amide bonds. The van der Waals surface area contributed by atoms with Gasteiger partial charge in [0.25, 0.3) is 5.91 Å². The van der Waals surface area contributed by atoms with Gasteiger partial charge in [-0.3, -0.25) is 14.8 Å². The molecule has 0 aliphatic carbocycles. The van der Waals surface area contributed by atoms with Gasteiger partial charge in [-0.25, -0.2) is 12.8 Å². The van der Waals surface area contributed by atoms with Crippen molar-refractivity contribution in [1.82, 2.24) is 19.2 Å². The summed E-state index contributed by atoms with van der Waals surface area (Å²) in [6.45, 7) is 0.813. The zero-order valence-electron chi connectivity index (χ0n) is 14.8. The molecule has 3 aromatic rings. The minimum Gasteiger partial charge on any atom is -0.336 e. The topological polar surface area (TPSA) is 83.5 Å². The zero-order valence-corrected chi connectivity index (χ0v) is 15.6. The third kappa shape index (κ3) is 3.46. The largest absolute Gasteiger partial charge is 0.336 e. The number of amides is 1. The van der Waals surface area contributed by atoms with Crippen LogP contribution in [0.15, 0.2) is 59.8 Å². The Morgan fingerprint density at radius 1 is 0.929 bits per heavy atom. The Bertz CT molecular complexity index is 1140. The van der Waals surface area contributed by atoms with E-state index in [1.54, 1.807) is 35.5 Å². The van der Waals surface area contributed by atoms with E-state index in [1.807, 2.05) is 0 Å². The van der Waals surface area contributed by atoms with E-state index in [0.717, 1.165) is 6.07 Å². The van der Waals surface area contributed by atoms with Crippen LogP contribution in [0.2, 0.25) is 0 Å². The first-order chi connectivity index (χ1) is 13.4. The van der Waals surface area contributed by atoms with E-state index in [1.165, 1.54) is 22.5 Å². The first kappa shape index (κ1) is 18.5. The molecule has 2 aromatic carbocycles. The number of piperazine rings is 1. The number of aromatic nitrogens is 2. The molecular formula is C19H17FN4O3S. The monoisotopic (exact) mass is 400 g/mol. The van der Waals surface area contributed by atoms with Gasteiger partial charge in [-0.2, -0.15) is 4.31 Å². The van der Waals surface area contributed by atoms with Crippen LogP contribution in [-0.4, -0.2) is 59.7 Å². The van der Waals surface area contributed by atoms with E-state index in [4.69, 9.17) is 0 Å². The molecule has 1 aliphatic heterocycles. The Balaban J connectivity index is 1.48. The third-order valence-corrected chi connectivity index (χ3v) is 6.57. The Hall–Kier alpha value is -2.91. The number of benzene rings is 2. The van der Waals surface area contributed by atoms with Crippen molar-refractivity contribution in [2.24, 2.45) is 0 Å². The van der Waals surface area contributed by atoms with Crippen LogP contribution in [0.4, 0.5) is 4.39 Å². The Morgan fingerprint density at radius 2 is 1.64 bits per heavy atom. The van der Waals surface area contributed by atoms with Gasteiger partial charge >= 0.3 is 0 Å².